The summed E-state index contributed by atoms with van der Waals surface area (Å²) in [6, 6.07) is 2.13. The van der Waals surface area contributed by atoms with E-state index in [2.05, 4.69) is 15.1 Å². The molecule has 0 aromatic heterocycles. The van der Waals surface area contributed by atoms with Gasteiger partial charge in [-0.2, -0.15) is 0 Å². The highest BCUT2D eigenvalue weighted by atomic mass is 16.1. The van der Waals surface area contributed by atoms with Crippen molar-refractivity contribution in [2.45, 2.75) is 63.6 Å². The molecule has 1 heterocycles. The van der Waals surface area contributed by atoms with Gasteiger partial charge in [-0.1, -0.05) is 0 Å². The van der Waals surface area contributed by atoms with E-state index in [1.54, 1.807) is 6.92 Å². The average Bonchev–Trinajstić information content (AvgIpc) is 3.24. The second-order valence-corrected chi connectivity index (χ2v) is 6.51. The molecule has 19 heavy (non-hydrogen) atoms. The van der Waals surface area contributed by atoms with Crippen LogP contribution in [0.2, 0.25) is 0 Å². The van der Waals surface area contributed by atoms with E-state index >= 15 is 0 Å². The van der Waals surface area contributed by atoms with Gasteiger partial charge in [-0.15, -0.1) is 0 Å². The first-order valence-electron chi connectivity index (χ1n) is 7.97. The first-order valence-corrected chi connectivity index (χ1v) is 7.97. The number of rotatable bonds is 3. The average molecular weight is 265 g/mol. The molecule has 2 saturated carbocycles. The summed E-state index contributed by atoms with van der Waals surface area (Å²) in [5.41, 5.74) is 0. The summed E-state index contributed by atoms with van der Waals surface area (Å²) in [6.07, 6.45) is 7.70. The summed E-state index contributed by atoms with van der Waals surface area (Å²) in [6.45, 7) is 6.69. The summed E-state index contributed by atoms with van der Waals surface area (Å²) in [4.78, 5) is 16.5. The van der Waals surface area contributed by atoms with Crippen molar-refractivity contribution < 1.29 is 4.79 Å². The molecule has 0 aromatic rings. The van der Waals surface area contributed by atoms with Crippen LogP contribution < -0.4 is 5.32 Å². The van der Waals surface area contributed by atoms with E-state index < -0.39 is 0 Å². The van der Waals surface area contributed by atoms with Crippen LogP contribution in [-0.2, 0) is 4.79 Å². The summed E-state index contributed by atoms with van der Waals surface area (Å²) < 4.78 is 0. The molecule has 1 amide bonds. The van der Waals surface area contributed by atoms with Gasteiger partial charge in [0.1, 0.15) is 0 Å². The SMILES string of the molecule is CC(=O)NC1CCC(N2CCN(C3CC3)CC2)CC1. The fraction of sp³-hybridized carbons (Fsp3) is 0.933. The van der Waals surface area contributed by atoms with Crippen LogP contribution in [0.3, 0.4) is 0 Å². The second kappa shape index (κ2) is 5.80. The Kier molecular flexibility index (Phi) is 4.08. The minimum absolute atomic E-state index is 0.126. The Hall–Kier alpha value is -0.610. The Morgan fingerprint density at radius 2 is 1.26 bits per heavy atom. The van der Waals surface area contributed by atoms with Crippen LogP contribution in [0.1, 0.15) is 45.4 Å². The number of nitrogens with zero attached hydrogens (tertiary/aromatic N) is 2. The molecule has 0 unspecified atom stereocenters. The molecular weight excluding hydrogens is 238 g/mol. The molecule has 3 rings (SSSR count). The van der Waals surface area contributed by atoms with Crippen LogP contribution in [0.25, 0.3) is 0 Å². The molecule has 0 spiro atoms. The Labute approximate surface area is 116 Å². The number of amides is 1. The number of nitrogens with one attached hydrogen (secondary N) is 1. The zero-order valence-electron chi connectivity index (χ0n) is 12.1. The lowest BCUT2D eigenvalue weighted by Gasteiger charge is -2.42. The number of piperazine rings is 1. The van der Waals surface area contributed by atoms with Gasteiger partial charge in [-0.25, -0.2) is 0 Å². The Morgan fingerprint density at radius 3 is 1.63 bits per heavy atom. The van der Waals surface area contributed by atoms with Crippen molar-refractivity contribution in [2.24, 2.45) is 0 Å². The molecule has 2 aliphatic carbocycles. The molecule has 0 bridgehead atoms. The van der Waals surface area contributed by atoms with Gasteiger partial charge in [0.15, 0.2) is 0 Å². The van der Waals surface area contributed by atoms with Crippen molar-refractivity contribution in [1.82, 2.24) is 15.1 Å². The normalized spacial score (nSPS) is 34.2. The molecule has 0 aromatic carbocycles. The largest absolute Gasteiger partial charge is 0.354 e. The molecule has 1 saturated heterocycles. The summed E-state index contributed by atoms with van der Waals surface area (Å²) >= 11 is 0. The van der Waals surface area contributed by atoms with Gasteiger partial charge in [0.25, 0.3) is 0 Å². The highest BCUT2D eigenvalue weighted by molar-refractivity contribution is 5.73. The van der Waals surface area contributed by atoms with Gasteiger partial charge in [0, 0.05) is 51.2 Å². The van der Waals surface area contributed by atoms with Crippen molar-refractivity contribution in [3.05, 3.63) is 0 Å². The molecule has 3 fully saturated rings. The molecule has 1 N–H and O–H groups in total. The minimum Gasteiger partial charge on any atom is -0.354 e. The van der Waals surface area contributed by atoms with Gasteiger partial charge >= 0.3 is 0 Å². The van der Waals surface area contributed by atoms with Crippen molar-refractivity contribution in [3.8, 4) is 0 Å². The number of hydrogen-bond acceptors (Lipinski definition) is 3. The minimum atomic E-state index is 0.126. The molecule has 3 aliphatic rings. The summed E-state index contributed by atoms with van der Waals surface area (Å²) in [5, 5.41) is 3.07. The lowest BCUT2D eigenvalue weighted by Crippen LogP contribution is -2.52. The fourth-order valence-corrected chi connectivity index (χ4v) is 3.78. The van der Waals surface area contributed by atoms with E-state index in [0.717, 1.165) is 24.9 Å². The predicted molar refractivity (Wildman–Crippen MR) is 76.0 cm³/mol. The fourth-order valence-electron chi connectivity index (χ4n) is 3.78. The molecular formula is C15H27N3O. The number of carbonyl (C=O) groups is 1. The first-order chi connectivity index (χ1) is 9.22. The van der Waals surface area contributed by atoms with E-state index in [0.29, 0.717) is 6.04 Å². The summed E-state index contributed by atoms with van der Waals surface area (Å²) in [7, 11) is 0. The van der Waals surface area contributed by atoms with Crippen LogP contribution in [0, 0.1) is 0 Å². The van der Waals surface area contributed by atoms with E-state index in [4.69, 9.17) is 0 Å². The molecule has 4 heteroatoms. The first kappa shape index (κ1) is 13.4. The van der Waals surface area contributed by atoms with Crippen molar-refractivity contribution >= 4 is 5.91 Å². The predicted octanol–water partition coefficient (Wildman–Crippen LogP) is 1.21. The third-order valence-electron chi connectivity index (χ3n) is 5.03. The molecule has 4 nitrogen and oxygen atoms in total. The van der Waals surface area contributed by atoms with Crippen LogP contribution in [-0.4, -0.2) is 60.0 Å². The summed E-state index contributed by atoms with van der Waals surface area (Å²) in [5.74, 6) is 0.126. The van der Waals surface area contributed by atoms with Crippen molar-refractivity contribution in [1.29, 1.82) is 0 Å². The van der Waals surface area contributed by atoms with E-state index in [1.807, 2.05) is 0 Å². The Bertz CT molecular complexity index is 313. The van der Waals surface area contributed by atoms with Gasteiger partial charge in [-0.05, 0) is 38.5 Å². The number of carbonyl (C=O) groups excluding carboxylic acids is 1. The van der Waals surface area contributed by atoms with Crippen LogP contribution >= 0.6 is 0 Å². The topological polar surface area (TPSA) is 35.6 Å². The van der Waals surface area contributed by atoms with Gasteiger partial charge in [-0.3, -0.25) is 14.6 Å². The third kappa shape index (κ3) is 3.48. The van der Waals surface area contributed by atoms with Gasteiger partial charge in [0.05, 0.1) is 0 Å². The highest BCUT2D eigenvalue weighted by Crippen LogP contribution is 2.29. The zero-order chi connectivity index (χ0) is 13.2. The molecule has 0 atom stereocenters. The third-order valence-corrected chi connectivity index (χ3v) is 5.03. The van der Waals surface area contributed by atoms with E-state index in [-0.39, 0.29) is 5.91 Å². The lowest BCUT2D eigenvalue weighted by atomic mass is 9.89. The second-order valence-electron chi connectivity index (χ2n) is 6.51. The standard InChI is InChI=1S/C15H27N3O/c1-12(19)16-13-2-4-14(5-3-13)17-8-10-18(11-9-17)15-6-7-15/h13-15H,2-11H2,1H3,(H,16,19). The van der Waals surface area contributed by atoms with Gasteiger partial charge < -0.3 is 5.32 Å². The maximum absolute atomic E-state index is 11.1. The maximum atomic E-state index is 11.1. The van der Waals surface area contributed by atoms with Gasteiger partial charge in [0.2, 0.25) is 5.91 Å². The molecule has 0 radical (unpaired) electrons. The quantitative estimate of drug-likeness (QED) is 0.833. The van der Waals surface area contributed by atoms with Crippen LogP contribution in [0.5, 0.6) is 0 Å². The molecule has 108 valence electrons. The van der Waals surface area contributed by atoms with E-state index in [1.165, 1.54) is 51.9 Å². The monoisotopic (exact) mass is 265 g/mol. The van der Waals surface area contributed by atoms with Crippen molar-refractivity contribution in [3.63, 3.8) is 0 Å². The molecule has 1 aliphatic heterocycles. The maximum Gasteiger partial charge on any atom is 0.217 e. The van der Waals surface area contributed by atoms with Crippen LogP contribution in [0.4, 0.5) is 0 Å². The smallest absolute Gasteiger partial charge is 0.217 e. The zero-order valence-corrected chi connectivity index (χ0v) is 12.1. The highest BCUT2D eigenvalue weighted by Gasteiger charge is 2.33. The van der Waals surface area contributed by atoms with Crippen molar-refractivity contribution in [2.75, 3.05) is 26.2 Å². The Morgan fingerprint density at radius 1 is 0.842 bits per heavy atom. The van der Waals surface area contributed by atoms with E-state index in [9.17, 15) is 4.79 Å². The Balaban J connectivity index is 1.40. The number of hydrogen-bond donors (Lipinski definition) is 1. The van der Waals surface area contributed by atoms with Crippen LogP contribution in [0.15, 0.2) is 0 Å². The lowest BCUT2D eigenvalue weighted by molar-refractivity contribution is -0.119.